The summed E-state index contributed by atoms with van der Waals surface area (Å²) in [4.78, 5) is 22.5. The first-order valence-corrected chi connectivity index (χ1v) is 11.1. The van der Waals surface area contributed by atoms with Gasteiger partial charge in [0.15, 0.2) is 11.4 Å². The van der Waals surface area contributed by atoms with Gasteiger partial charge in [0, 0.05) is 33.1 Å². The Hall–Kier alpha value is -1.99. The van der Waals surface area contributed by atoms with E-state index in [9.17, 15) is 4.79 Å². The topological polar surface area (TPSA) is 74.5 Å². The maximum Gasteiger partial charge on any atom is 0.184 e. The fourth-order valence-corrected chi connectivity index (χ4v) is 4.72. The molecule has 0 aromatic carbocycles. The van der Waals surface area contributed by atoms with Crippen LogP contribution in [0.2, 0.25) is 0 Å². The molecule has 4 heterocycles. The van der Waals surface area contributed by atoms with E-state index in [0.717, 1.165) is 62.4 Å². The van der Waals surface area contributed by atoms with Crippen LogP contribution in [0.4, 0.5) is 5.82 Å². The molecule has 0 saturated carbocycles. The van der Waals surface area contributed by atoms with Crippen LogP contribution < -0.4 is 4.90 Å². The molecule has 2 aromatic rings. The summed E-state index contributed by atoms with van der Waals surface area (Å²) < 4.78 is 1.76. The van der Waals surface area contributed by atoms with E-state index >= 15 is 0 Å². The van der Waals surface area contributed by atoms with Crippen molar-refractivity contribution in [1.82, 2.24) is 19.7 Å². The molecule has 1 N–H and O–H groups in total. The van der Waals surface area contributed by atoms with Crippen LogP contribution in [-0.2, 0) is 7.05 Å². The van der Waals surface area contributed by atoms with Gasteiger partial charge in [-0.15, -0.1) is 0 Å². The number of piperidine rings is 1. The lowest BCUT2D eigenvalue weighted by Crippen LogP contribution is -2.36. The Labute approximate surface area is 172 Å². The molecule has 7 nitrogen and oxygen atoms in total. The molecule has 0 amide bonds. The molecule has 2 fully saturated rings. The van der Waals surface area contributed by atoms with Crippen molar-refractivity contribution in [1.29, 1.82) is 0 Å². The molecule has 0 aliphatic carbocycles. The summed E-state index contributed by atoms with van der Waals surface area (Å²) in [6.45, 7) is 4.96. The molecule has 0 spiro atoms. The predicted molar refractivity (Wildman–Crippen MR) is 114 cm³/mol. The molecular weight excluding hydrogens is 366 g/mol. The lowest BCUT2D eigenvalue weighted by Gasteiger charge is -2.30. The summed E-state index contributed by atoms with van der Waals surface area (Å²) in [7, 11) is 1.88. The second kappa shape index (κ2) is 9.22. The molecule has 29 heavy (non-hydrogen) atoms. The zero-order valence-corrected chi connectivity index (χ0v) is 17.5. The summed E-state index contributed by atoms with van der Waals surface area (Å²) in [6, 6.07) is 4.09. The second-order valence-corrected chi connectivity index (χ2v) is 8.55. The quantitative estimate of drug-likeness (QED) is 0.753. The van der Waals surface area contributed by atoms with E-state index in [1.165, 1.54) is 25.7 Å². The predicted octanol–water partition coefficient (Wildman–Crippen LogP) is 2.63. The van der Waals surface area contributed by atoms with Gasteiger partial charge in [0.1, 0.15) is 11.5 Å². The van der Waals surface area contributed by atoms with E-state index < -0.39 is 0 Å². The van der Waals surface area contributed by atoms with Gasteiger partial charge in [-0.2, -0.15) is 5.10 Å². The monoisotopic (exact) mass is 399 g/mol. The number of aromatic nitrogens is 3. The van der Waals surface area contributed by atoms with Crippen LogP contribution in [0.15, 0.2) is 12.1 Å². The molecule has 0 radical (unpaired) electrons. The Bertz CT molecular complexity index is 833. The number of aliphatic hydroxyl groups excluding tert-OH is 1. The summed E-state index contributed by atoms with van der Waals surface area (Å²) >= 11 is 0. The number of pyridine rings is 1. The Morgan fingerprint density at radius 3 is 2.52 bits per heavy atom. The molecule has 2 aliphatic rings. The van der Waals surface area contributed by atoms with Crippen molar-refractivity contribution in [3.05, 3.63) is 17.8 Å². The number of aryl methyl sites for hydroxylation is 1. The molecule has 7 heteroatoms. The number of β-amino-alcohol motifs (C(OH)–C–C–N with tert-alkyl or cyclic N) is 1. The maximum absolute atomic E-state index is 13.0. The first-order valence-electron chi connectivity index (χ1n) is 11.1. The normalized spacial score (nSPS) is 19.6. The van der Waals surface area contributed by atoms with Crippen LogP contribution in [0.25, 0.3) is 11.0 Å². The first-order chi connectivity index (χ1) is 14.2. The minimum absolute atomic E-state index is 0.125. The van der Waals surface area contributed by atoms with E-state index in [2.05, 4.69) is 21.0 Å². The average Bonchev–Trinajstić information content (AvgIpc) is 2.90. The van der Waals surface area contributed by atoms with E-state index in [-0.39, 0.29) is 12.4 Å². The highest BCUT2D eigenvalue weighted by Gasteiger charge is 2.25. The third kappa shape index (κ3) is 4.61. The number of carbonyl (C=O) groups excluding carboxylic acids is 1. The molecule has 2 aliphatic heterocycles. The standard InChI is InChI=1S/C22H33N5O2/c1-25-22-18(6-7-20(23-22)27-10-4-2-3-5-11-27)21(24-25)19(29)16-17-8-12-26(13-9-17)14-15-28/h6-7,17,28H,2-5,8-16H2,1H3. The summed E-state index contributed by atoms with van der Waals surface area (Å²) in [5.74, 6) is 1.53. The molecule has 0 unspecified atom stereocenters. The highest BCUT2D eigenvalue weighted by atomic mass is 16.3. The molecule has 158 valence electrons. The minimum atomic E-state index is 0.125. The average molecular weight is 400 g/mol. The lowest BCUT2D eigenvalue weighted by molar-refractivity contribution is 0.0912. The number of fused-ring (bicyclic) bond motifs is 1. The van der Waals surface area contributed by atoms with Crippen LogP contribution in [-0.4, -0.2) is 69.9 Å². The summed E-state index contributed by atoms with van der Waals surface area (Å²) in [5, 5.41) is 14.5. The number of Topliss-reactive ketones (excluding diaryl/α,β-unsaturated/α-hetero) is 1. The molecule has 2 aromatic heterocycles. The van der Waals surface area contributed by atoms with E-state index in [0.29, 0.717) is 18.0 Å². The molecular formula is C22H33N5O2. The number of aliphatic hydroxyl groups is 1. The Balaban J connectivity index is 1.47. The van der Waals surface area contributed by atoms with E-state index in [4.69, 9.17) is 10.1 Å². The van der Waals surface area contributed by atoms with Gasteiger partial charge in [0.25, 0.3) is 0 Å². The van der Waals surface area contributed by atoms with Crippen molar-refractivity contribution in [2.45, 2.75) is 44.9 Å². The highest BCUT2D eigenvalue weighted by molar-refractivity contribution is 6.05. The maximum atomic E-state index is 13.0. The third-order valence-corrected chi connectivity index (χ3v) is 6.46. The minimum Gasteiger partial charge on any atom is -0.395 e. The first kappa shape index (κ1) is 20.3. The number of hydrogen-bond donors (Lipinski definition) is 1. The smallest absolute Gasteiger partial charge is 0.184 e. The van der Waals surface area contributed by atoms with Crippen molar-refractivity contribution >= 4 is 22.6 Å². The van der Waals surface area contributed by atoms with E-state index in [1.54, 1.807) is 4.68 Å². The SMILES string of the molecule is Cn1nc(C(=O)CC2CCN(CCO)CC2)c2ccc(N3CCCCCC3)nc21. The van der Waals surface area contributed by atoms with Crippen molar-refractivity contribution in [2.75, 3.05) is 44.2 Å². The summed E-state index contributed by atoms with van der Waals surface area (Å²) in [5.41, 5.74) is 1.36. The van der Waals surface area contributed by atoms with Crippen molar-refractivity contribution in [2.24, 2.45) is 13.0 Å². The van der Waals surface area contributed by atoms with Gasteiger partial charge in [-0.3, -0.25) is 4.79 Å². The van der Waals surface area contributed by atoms with Crippen LogP contribution in [0, 0.1) is 5.92 Å². The van der Waals surface area contributed by atoms with Gasteiger partial charge >= 0.3 is 0 Å². The van der Waals surface area contributed by atoms with Gasteiger partial charge in [-0.05, 0) is 56.8 Å². The van der Waals surface area contributed by atoms with E-state index in [1.807, 2.05) is 13.1 Å². The molecule has 0 bridgehead atoms. The number of nitrogens with zero attached hydrogens (tertiary/aromatic N) is 5. The Morgan fingerprint density at radius 1 is 1.10 bits per heavy atom. The van der Waals surface area contributed by atoms with Gasteiger partial charge in [-0.1, -0.05) is 12.8 Å². The molecule has 0 atom stereocenters. The van der Waals surface area contributed by atoms with Crippen LogP contribution >= 0.6 is 0 Å². The number of anilines is 1. The summed E-state index contributed by atoms with van der Waals surface area (Å²) in [6.07, 6.45) is 7.58. The fourth-order valence-electron chi connectivity index (χ4n) is 4.72. The lowest BCUT2D eigenvalue weighted by atomic mass is 9.90. The fraction of sp³-hybridized carbons (Fsp3) is 0.682. The van der Waals surface area contributed by atoms with Crippen molar-refractivity contribution < 1.29 is 9.90 Å². The van der Waals surface area contributed by atoms with Crippen LogP contribution in [0.3, 0.4) is 0 Å². The van der Waals surface area contributed by atoms with Gasteiger partial charge in [0.2, 0.25) is 0 Å². The zero-order valence-electron chi connectivity index (χ0n) is 17.5. The molecule has 2 saturated heterocycles. The largest absolute Gasteiger partial charge is 0.395 e. The number of ketones is 1. The Kier molecular flexibility index (Phi) is 6.45. The Morgan fingerprint density at radius 2 is 1.83 bits per heavy atom. The van der Waals surface area contributed by atoms with Crippen molar-refractivity contribution in [3.8, 4) is 0 Å². The number of carbonyl (C=O) groups is 1. The van der Waals surface area contributed by atoms with Gasteiger partial charge in [-0.25, -0.2) is 9.67 Å². The molecule has 4 rings (SSSR count). The number of likely N-dealkylation sites (tertiary alicyclic amines) is 1. The van der Waals surface area contributed by atoms with Gasteiger partial charge in [0.05, 0.1) is 12.0 Å². The highest BCUT2D eigenvalue weighted by Crippen LogP contribution is 2.26. The zero-order chi connectivity index (χ0) is 20.2. The second-order valence-electron chi connectivity index (χ2n) is 8.55. The number of rotatable bonds is 6. The van der Waals surface area contributed by atoms with Crippen LogP contribution in [0.5, 0.6) is 0 Å². The third-order valence-electron chi connectivity index (χ3n) is 6.46. The van der Waals surface area contributed by atoms with Gasteiger partial charge < -0.3 is 14.9 Å². The van der Waals surface area contributed by atoms with Crippen LogP contribution in [0.1, 0.15) is 55.4 Å². The van der Waals surface area contributed by atoms with Crippen molar-refractivity contribution in [3.63, 3.8) is 0 Å². The number of hydrogen-bond acceptors (Lipinski definition) is 6.